The van der Waals surface area contributed by atoms with Crippen LogP contribution in [0.4, 0.5) is 4.39 Å². The molecule has 0 atom stereocenters. The van der Waals surface area contributed by atoms with E-state index in [9.17, 15) is 9.18 Å². The number of halogens is 1. The van der Waals surface area contributed by atoms with Gasteiger partial charge in [-0.2, -0.15) is 0 Å². The summed E-state index contributed by atoms with van der Waals surface area (Å²) in [5.41, 5.74) is 0. The van der Waals surface area contributed by atoms with Crippen molar-refractivity contribution in [2.75, 3.05) is 13.2 Å². The lowest BCUT2D eigenvalue weighted by Crippen LogP contribution is -2.15. The molecule has 0 aliphatic rings. The smallest absolute Gasteiger partial charge is 0.195 e. The van der Waals surface area contributed by atoms with E-state index in [0.29, 0.717) is 0 Å². The van der Waals surface area contributed by atoms with Gasteiger partial charge in [0.1, 0.15) is 13.2 Å². The number of ketones is 1. The third-order valence-electron chi connectivity index (χ3n) is 1.40. The third-order valence-corrected chi connectivity index (χ3v) is 1.40. The zero-order valence-electron chi connectivity index (χ0n) is 6.87. The summed E-state index contributed by atoms with van der Waals surface area (Å²) >= 11 is 0. The highest BCUT2D eigenvalue weighted by Crippen LogP contribution is 2.14. The summed E-state index contributed by atoms with van der Waals surface area (Å²) < 4.78 is 17.7. The number of Topliss-reactive ketones (excluding diaryl/α,β-unsaturated/α-hetero) is 1. The summed E-state index contributed by atoms with van der Waals surface area (Å²) in [4.78, 5) is 10.6. The van der Waals surface area contributed by atoms with Crippen molar-refractivity contribution >= 4 is 5.78 Å². The van der Waals surface area contributed by atoms with Crippen LogP contribution in [0.5, 0.6) is 5.75 Å². The van der Waals surface area contributed by atoms with Gasteiger partial charge in [-0.1, -0.05) is 12.1 Å². The van der Waals surface area contributed by atoms with Crippen molar-refractivity contribution in [3.8, 4) is 5.75 Å². The van der Waals surface area contributed by atoms with E-state index in [4.69, 9.17) is 9.84 Å². The highest BCUT2D eigenvalue weighted by molar-refractivity contribution is 5.80. The molecular weight excluding hydrogens is 175 g/mol. The molecule has 70 valence electrons. The quantitative estimate of drug-likeness (QED) is 0.751. The maximum Gasteiger partial charge on any atom is 0.195 e. The minimum atomic E-state index is -0.589. The van der Waals surface area contributed by atoms with E-state index in [2.05, 4.69) is 0 Å². The molecule has 0 aliphatic heterocycles. The molecule has 0 aromatic heterocycles. The van der Waals surface area contributed by atoms with E-state index in [1.165, 1.54) is 18.2 Å². The number of para-hydroxylation sites is 1. The maximum atomic E-state index is 12.8. The molecule has 0 aliphatic carbocycles. The van der Waals surface area contributed by atoms with Gasteiger partial charge in [0.25, 0.3) is 0 Å². The van der Waals surface area contributed by atoms with Gasteiger partial charge in [-0.3, -0.25) is 4.79 Å². The third kappa shape index (κ3) is 2.83. The summed E-state index contributed by atoms with van der Waals surface area (Å²) in [6, 6.07) is 5.77. The second-order valence-corrected chi connectivity index (χ2v) is 2.42. The first kappa shape index (κ1) is 9.67. The molecule has 0 bridgehead atoms. The standard InChI is InChI=1S/C9H9FO3/c10-8-3-1-2-4-9(8)13-6-7(12)5-11/h1-4,11H,5-6H2. The van der Waals surface area contributed by atoms with Crippen LogP contribution >= 0.6 is 0 Å². The number of aliphatic hydroxyl groups is 1. The van der Waals surface area contributed by atoms with Crippen LogP contribution in [0, 0.1) is 5.82 Å². The SMILES string of the molecule is O=C(CO)COc1ccccc1F. The lowest BCUT2D eigenvalue weighted by molar-refractivity contribution is -0.123. The van der Waals surface area contributed by atoms with Gasteiger partial charge in [0.2, 0.25) is 0 Å². The largest absolute Gasteiger partial charge is 0.483 e. The number of carbonyl (C=O) groups excluding carboxylic acids is 1. The predicted octanol–water partition coefficient (Wildman–Crippen LogP) is 0.766. The fourth-order valence-corrected chi connectivity index (χ4v) is 0.766. The molecule has 0 amide bonds. The van der Waals surface area contributed by atoms with Gasteiger partial charge >= 0.3 is 0 Å². The van der Waals surface area contributed by atoms with Crippen LogP contribution in [0.15, 0.2) is 24.3 Å². The van der Waals surface area contributed by atoms with E-state index in [1.807, 2.05) is 0 Å². The second-order valence-electron chi connectivity index (χ2n) is 2.42. The summed E-state index contributed by atoms with van der Waals surface area (Å²) in [5, 5.41) is 8.36. The number of aliphatic hydroxyl groups excluding tert-OH is 1. The van der Waals surface area contributed by atoms with Crippen LogP contribution in [-0.2, 0) is 4.79 Å². The van der Waals surface area contributed by atoms with Gasteiger partial charge < -0.3 is 9.84 Å². The van der Waals surface area contributed by atoms with Gasteiger partial charge in [0.15, 0.2) is 17.3 Å². The van der Waals surface area contributed by atoms with Gasteiger partial charge in [-0.05, 0) is 12.1 Å². The Bertz CT molecular complexity index is 299. The molecule has 1 rings (SSSR count). The number of benzene rings is 1. The molecule has 0 saturated carbocycles. The van der Waals surface area contributed by atoms with Crippen molar-refractivity contribution in [2.45, 2.75) is 0 Å². The monoisotopic (exact) mass is 184 g/mol. The van der Waals surface area contributed by atoms with Crippen molar-refractivity contribution in [2.24, 2.45) is 0 Å². The molecule has 1 N–H and O–H groups in total. The van der Waals surface area contributed by atoms with Crippen LogP contribution < -0.4 is 4.74 Å². The number of rotatable bonds is 4. The molecule has 0 unspecified atom stereocenters. The lowest BCUT2D eigenvalue weighted by atomic mass is 10.3. The van der Waals surface area contributed by atoms with E-state index in [1.54, 1.807) is 6.07 Å². The van der Waals surface area contributed by atoms with Crippen LogP contribution in [-0.4, -0.2) is 24.1 Å². The highest BCUT2D eigenvalue weighted by Gasteiger charge is 2.04. The fraction of sp³-hybridized carbons (Fsp3) is 0.222. The van der Waals surface area contributed by atoms with Gasteiger partial charge in [0, 0.05) is 0 Å². The first-order valence-corrected chi connectivity index (χ1v) is 3.74. The zero-order chi connectivity index (χ0) is 9.68. The van der Waals surface area contributed by atoms with Crippen molar-refractivity contribution < 1.29 is 19.0 Å². The molecule has 4 heteroatoms. The molecule has 0 heterocycles. The van der Waals surface area contributed by atoms with Crippen LogP contribution in [0.1, 0.15) is 0 Å². The second kappa shape index (κ2) is 4.57. The fourth-order valence-electron chi connectivity index (χ4n) is 0.766. The summed E-state index contributed by atoms with van der Waals surface area (Å²) in [6.45, 7) is -0.897. The van der Waals surface area contributed by atoms with Crippen molar-refractivity contribution in [1.82, 2.24) is 0 Å². The normalized spacial score (nSPS) is 9.69. The predicted molar refractivity (Wildman–Crippen MR) is 44.0 cm³/mol. The van der Waals surface area contributed by atoms with E-state index < -0.39 is 18.2 Å². The summed E-state index contributed by atoms with van der Waals surface area (Å²) in [6.07, 6.45) is 0. The average molecular weight is 184 g/mol. The summed E-state index contributed by atoms with van der Waals surface area (Å²) in [7, 11) is 0. The summed E-state index contributed by atoms with van der Waals surface area (Å²) in [5.74, 6) is -0.985. The first-order valence-electron chi connectivity index (χ1n) is 3.74. The molecule has 1 aromatic carbocycles. The maximum absolute atomic E-state index is 12.8. The Morgan fingerprint density at radius 1 is 1.46 bits per heavy atom. The van der Waals surface area contributed by atoms with Crippen LogP contribution in [0.25, 0.3) is 0 Å². The molecule has 0 radical (unpaired) electrons. The van der Waals surface area contributed by atoms with Crippen LogP contribution in [0.3, 0.4) is 0 Å². The molecule has 0 saturated heterocycles. The molecule has 3 nitrogen and oxygen atoms in total. The van der Waals surface area contributed by atoms with Gasteiger partial charge in [0.05, 0.1) is 0 Å². The topological polar surface area (TPSA) is 46.5 Å². The van der Waals surface area contributed by atoms with E-state index >= 15 is 0 Å². The Labute approximate surface area is 74.8 Å². The Morgan fingerprint density at radius 2 is 2.15 bits per heavy atom. The Morgan fingerprint density at radius 3 is 2.77 bits per heavy atom. The number of hydrogen-bond donors (Lipinski definition) is 1. The lowest BCUT2D eigenvalue weighted by Gasteiger charge is -2.04. The number of carbonyl (C=O) groups is 1. The highest BCUT2D eigenvalue weighted by atomic mass is 19.1. The molecule has 0 spiro atoms. The van der Waals surface area contributed by atoms with Gasteiger partial charge in [-0.15, -0.1) is 0 Å². The molecule has 0 fully saturated rings. The first-order chi connectivity index (χ1) is 6.24. The van der Waals surface area contributed by atoms with E-state index in [-0.39, 0.29) is 12.4 Å². The Balaban J connectivity index is 2.54. The molecular formula is C9H9FO3. The van der Waals surface area contributed by atoms with Crippen LogP contribution in [0.2, 0.25) is 0 Å². The minimum Gasteiger partial charge on any atom is -0.483 e. The van der Waals surface area contributed by atoms with Crippen molar-refractivity contribution in [3.63, 3.8) is 0 Å². The van der Waals surface area contributed by atoms with E-state index in [0.717, 1.165) is 0 Å². The molecule has 13 heavy (non-hydrogen) atoms. The Kier molecular flexibility index (Phi) is 3.40. The van der Waals surface area contributed by atoms with Gasteiger partial charge in [-0.25, -0.2) is 4.39 Å². The Hall–Kier alpha value is -1.42. The van der Waals surface area contributed by atoms with Crippen molar-refractivity contribution in [3.05, 3.63) is 30.1 Å². The molecule has 1 aromatic rings. The minimum absolute atomic E-state index is 0.0179. The average Bonchev–Trinajstić information content (AvgIpc) is 2.16. The number of hydrogen-bond acceptors (Lipinski definition) is 3. The zero-order valence-corrected chi connectivity index (χ0v) is 6.87. The number of ether oxygens (including phenoxy) is 1. The van der Waals surface area contributed by atoms with Crippen molar-refractivity contribution in [1.29, 1.82) is 0 Å².